The Kier molecular flexibility index (Phi) is 4.91. The number of ether oxygens (including phenoxy) is 1. The summed E-state index contributed by atoms with van der Waals surface area (Å²) in [5, 5.41) is 0. The zero-order valence-electron chi connectivity index (χ0n) is 13.1. The summed E-state index contributed by atoms with van der Waals surface area (Å²) in [5.74, 6) is 0. The largest absolute Gasteiger partial charge is 0.377 e. The van der Waals surface area contributed by atoms with Gasteiger partial charge in [-0.1, -0.05) is 26.7 Å². The molecule has 0 spiro atoms. The summed E-state index contributed by atoms with van der Waals surface area (Å²) in [6, 6.07) is 0. The Hall–Kier alpha value is -0.120. The van der Waals surface area contributed by atoms with E-state index in [4.69, 9.17) is 10.5 Å². The molecule has 1 aliphatic carbocycles. The summed E-state index contributed by atoms with van der Waals surface area (Å²) >= 11 is 0. The van der Waals surface area contributed by atoms with Crippen LogP contribution < -0.4 is 5.73 Å². The molecular formula is C16H32N2O. The van der Waals surface area contributed by atoms with Crippen molar-refractivity contribution in [3.8, 4) is 0 Å². The SMILES string of the molecule is CN(CC1CCCCO1)C1(CN)CCCCC1(C)C. The van der Waals surface area contributed by atoms with E-state index in [9.17, 15) is 0 Å². The van der Waals surface area contributed by atoms with Gasteiger partial charge < -0.3 is 10.5 Å². The molecule has 0 radical (unpaired) electrons. The Bertz CT molecular complexity index is 286. The van der Waals surface area contributed by atoms with Gasteiger partial charge in [0.2, 0.25) is 0 Å². The Morgan fingerprint density at radius 3 is 2.47 bits per heavy atom. The standard InChI is InChI=1S/C16H32N2O/c1-15(2)9-5-6-10-16(15,13-17)18(3)12-14-8-4-7-11-19-14/h14H,4-13,17H2,1-3H3. The van der Waals surface area contributed by atoms with Crippen molar-refractivity contribution in [2.24, 2.45) is 11.1 Å². The first-order valence-corrected chi connectivity index (χ1v) is 8.05. The van der Waals surface area contributed by atoms with E-state index in [0.29, 0.717) is 11.5 Å². The molecule has 112 valence electrons. The van der Waals surface area contributed by atoms with E-state index in [1.807, 2.05) is 0 Å². The highest BCUT2D eigenvalue weighted by Gasteiger charge is 2.48. The lowest BCUT2D eigenvalue weighted by atomic mass is 9.62. The fourth-order valence-electron chi connectivity index (χ4n) is 4.23. The molecule has 3 nitrogen and oxygen atoms in total. The number of hydrogen-bond acceptors (Lipinski definition) is 3. The highest BCUT2D eigenvalue weighted by molar-refractivity contribution is 5.04. The lowest BCUT2D eigenvalue weighted by Crippen LogP contribution is -2.63. The smallest absolute Gasteiger partial charge is 0.0702 e. The fourth-order valence-corrected chi connectivity index (χ4v) is 4.23. The maximum absolute atomic E-state index is 6.24. The van der Waals surface area contributed by atoms with Crippen molar-refractivity contribution in [2.75, 3.05) is 26.7 Å². The van der Waals surface area contributed by atoms with Crippen LogP contribution in [0.15, 0.2) is 0 Å². The molecule has 1 heterocycles. The minimum absolute atomic E-state index is 0.159. The molecule has 19 heavy (non-hydrogen) atoms. The van der Waals surface area contributed by atoms with Gasteiger partial charge in [-0.2, -0.15) is 0 Å². The molecule has 0 aromatic heterocycles. The van der Waals surface area contributed by atoms with Crippen LogP contribution in [0.5, 0.6) is 0 Å². The summed E-state index contributed by atoms with van der Waals surface area (Å²) in [7, 11) is 2.26. The predicted molar refractivity (Wildman–Crippen MR) is 80.3 cm³/mol. The summed E-state index contributed by atoms with van der Waals surface area (Å²) in [5.41, 5.74) is 6.71. The van der Waals surface area contributed by atoms with Gasteiger partial charge in [-0.3, -0.25) is 4.90 Å². The molecule has 1 aliphatic heterocycles. The second kappa shape index (κ2) is 6.11. The van der Waals surface area contributed by atoms with Crippen LogP contribution in [-0.2, 0) is 4.74 Å². The van der Waals surface area contributed by atoms with E-state index < -0.39 is 0 Å². The molecule has 0 aromatic carbocycles. The molecule has 0 bridgehead atoms. The molecule has 2 unspecified atom stereocenters. The van der Waals surface area contributed by atoms with Gasteiger partial charge in [0.05, 0.1) is 6.10 Å². The topological polar surface area (TPSA) is 38.5 Å². The van der Waals surface area contributed by atoms with Gasteiger partial charge in [0.1, 0.15) is 0 Å². The number of hydrogen-bond donors (Lipinski definition) is 1. The van der Waals surface area contributed by atoms with E-state index >= 15 is 0 Å². The summed E-state index contributed by atoms with van der Waals surface area (Å²) in [4.78, 5) is 2.53. The zero-order valence-corrected chi connectivity index (χ0v) is 13.1. The lowest BCUT2D eigenvalue weighted by Gasteiger charge is -2.55. The van der Waals surface area contributed by atoms with E-state index in [-0.39, 0.29) is 5.54 Å². The molecule has 2 atom stereocenters. The van der Waals surface area contributed by atoms with Gasteiger partial charge in [-0.05, 0) is 44.6 Å². The zero-order chi connectivity index (χ0) is 13.9. The molecule has 1 saturated heterocycles. The van der Waals surface area contributed by atoms with Crippen molar-refractivity contribution in [1.82, 2.24) is 4.90 Å². The summed E-state index contributed by atoms with van der Waals surface area (Å²) in [6.45, 7) is 7.55. The number of nitrogens with zero attached hydrogens (tertiary/aromatic N) is 1. The van der Waals surface area contributed by atoms with Gasteiger partial charge >= 0.3 is 0 Å². The van der Waals surface area contributed by atoms with Crippen LogP contribution in [-0.4, -0.2) is 43.3 Å². The van der Waals surface area contributed by atoms with Crippen LogP contribution in [0.1, 0.15) is 58.8 Å². The number of rotatable bonds is 4. The van der Waals surface area contributed by atoms with Crippen LogP contribution in [0, 0.1) is 5.41 Å². The summed E-state index contributed by atoms with van der Waals surface area (Å²) < 4.78 is 5.91. The van der Waals surface area contributed by atoms with E-state index in [1.54, 1.807) is 0 Å². The molecule has 2 rings (SSSR count). The minimum atomic E-state index is 0.159. The lowest BCUT2D eigenvalue weighted by molar-refractivity contribution is -0.0704. The third-order valence-corrected chi connectivity index (χ3v) is 5.72. The van der Waals surface area contributed by atoms with Crippen LogP contribution >= 0.6 is 0 Å². The normalized spacial score (nSPS) is 35.5. The molecular weight excluding hydrogens is 236 g/mol. The second-order valence-corrected chi connectivity index (χ2v) is 7.20. The second-order valence-electron chi connectivity index (χ2n) is 7.20. The molecule has 2 N–H and O–H groups in total. The molecule has 0 aromatic rings. The Balaban J connectivity index is 2.06. The van der Waals surface area contributed by atoms with E-state index in [1.165, 1.54) is 44.9 Å². The predicted octanol–water partition coefficient (Wildman–Crippen LogP) is 2.79. The Labute approximate surface area is 118 Å². The average molecular weight is 268 g/mol. The first-order valence-electron chi connectivity index (χ1n) is 8.05. The molecule has 2 fully saturated rings. The third-order valence-electron chi connectivity index (χ3n) is 5.72. The van der Waals surface area contributed by atoms with E-state index in [2.05, 4.69) is 25.8 Å². The maximum atomic E-state index is 6.24. The maximum Gasteiger partial charge on any atom is 0.0702 e. The Morgan fingerprint density at radius 2 is 1.89 bits per heavy atom. The van der Waals surface area contributed by atoms with Crippen molar-refractivity contribution in [2.45, 2.75) is 70.4 Å². The van der Waals surface area contributed by atoms with Gasteiger partial charge in [-0.15, -0.1) is 0 Å². The molecule has 3 heteroatoms. The third kappa shape index (κ3) is 2.98. The fraction of sp³-hybridized carbons (Fsp3) is 1.00. The first kappa shape index (κ1) is 15.3. The quantitative estimate of drug-likeness (QED) is 0.852. The van der Waals surface area contributed by atoms with Crippen molar-refractivity contribution in [3.63, 3.8) is 0 Å². The first-order chi connectivity index (χ1) is 9.02. The molecule has 1 saturated carbocycles. The van der Waals surface area contributed by atoms with Crippen molar-refractivity contribution in [3.05, 3.63) is 0 Å². The van der Waals surface area contributed by atoms with Gasteiger partial charge in [-0.25, -0.2) is 0 Å². The van der Waals surface area contributed by atoms with Crippen molar-refractivity contribution in [1.29, 1.82) is 0 Å². The Morgan fingerprint density at radius 1 is 1.16 bits per heavy atom. The van der Waals surface area contributed by atoms with Gasteiger partial charge in [0.25, 0.3) is 0 Å². The van der Waals surface area contributed by atoms with Gasteiger partial charge in [0, 0.05) is 25.2 Å². The summed E-state index contributed by atoms with van der Waals surface area (Å²) in [6.07, 6.45) is 9.37. The van der Waals surface area contributed by atoms with E-state index in [0.717, 1.165) is 19.7 Å². The number of nitrogens with two attached hydrogens (primary N) is 1. The highest BCUT2D eigenvalue weighted by Crippen LogP contribution is 2.46. The number of likely N-dealkylation sites (N-methyl/N-ethyl adjacent to an activating group) is 1. The van der Waals surface area contributed by atoms with Crippen molar-refractivity contribution < 1.29 is 4.74 Å². The van der Waals surface area contributed by atoms with Crippen LogP contribution in [0.2, 0.25) is 0 Å². The minimum Gasteiger partial charge on any atom is -0.377 e. The molecule has 0 amide bonds. The highest BCUT2D eigenvalue weighted by atomic mass is 16.5. The van der Waals surface area contributed by atoms with Crippen LogP contribution in [0.3, 0.4) is 0 Å². The monoisotopic (exact) mass is 268 g/mol. The van der Waals surface area contributed by atoms with Gasteiger partial charge in [0.15, 0.2) is 0 Å². The van der Waals surface area contributed by atoms with Crippen LogP contribution in [0.25, 0.3) is 0 Å². The van der Waals surface area contributed by atoms with Crippen LogP contribution in [0.4, 0.5) is 0 Å². The van der Waals surface area contributed by atoms with Crippen molar-refractivity contribution >= 4 is 0 Å². The average Bonchev–Trinajstić information content (AvgIpc) is 2.39. The molecule has 2 aliphatic rings.